The van der Waals surface area contributed by atoms with Crippen LogP contribution in [0, 0.1) is 0 Å². The molecule has 0 radical (unpaired) electrons. The first-order valence-corrected chi connectivity index (χ1v) is 8.81. The second kappa shape index (κ2) is 7.25. The van der Waals surface area contributed by atoms with Crippen LogP contribution in [0.2, 0.25) is 0 Å². The van der Waals surface area contributed by atoms with Crippen LogP contribution in [-0.4, -0.2) is 40.0 Å². The van der Waals surface area contributed by atoms with Gasteiger partial charge in [-0.25, -0.2) is 9.97 Å². The zero-order valence-electron chi connectivity index (χ0n) is 13.2. The predicted octanol–water partition coefficient (Wildman–Crippen LogP) is 3.56. The Hall–Kier alpha value is -1.69. The fourth-order valence-corrected chi connectivity index (χ4v) is 3.45. The Morgan fingerprint density at radius 2 is 2.26 bits per heavy atom. The van der Waals surface area contributed by atoms with Crippen molar-refractivity contribution in [2.45, 2.75) is 38.6 Å². The minimum Gasteiger partial charge on any atom is -0.467 e. The van der Waals surface area contributed by atoms with Crippen LogP contribution in [0.5, 0.6) is 5.88 Å². The van der Waals surface area contributed by atoms with Crippen molar-refractivity contribution >= 4 is 32.7 Å². The number of benzene rings is 1. The number of hydrogen-bond acceptors (Lipinski definition) is 4. The third-order valence-corrected chi connectivity index (χ3v) is 4.81. The molecular weight excluding hydrogens is 358 g/mol. The van der Waals surface area contributed by atoms with Crippen molar-refractivity contribution in [1.82, 2.24) is 14.9 Å². The van der Waals surface area contributed by atoms with E-state index in [4.69, 9.17) is 4.74 Å². The Morgan fingerprint density at radius 1 is 1.39 bits per heavy atom. The van der Waals surface area contributed by atoms with Gasteiger partial charge in [0, 0.05) is 17.1 Å². The lowest BCUT2D eigenvalue weighted by Gasteiger charge is -2.35. The standard InChI is InChI=1S/C17H20BrN3O2/c1-2-13-5-3-4-8-21(13)16(22)10-23-17-14-9-12(18)6-7-15(14)19-11-20-17/h6-7,9,11,13H,2-5,8,10H2,1H3/t13-/m1/s1. The summed E-state index contributed by atoms with van der Waals surface area (Å²) in [6.07, 6.45) is 5.83. The van der Waals surface area contributed by atoms with Crippen molar-refractivity contribution in [2.24, 2.45) is 0 Å². The van der Waals surface area contributed by atoms with Gasteiger partial charge in [-0.05, 0) is 43.9 Å². The van der Waals surface area contributed by atoms with E-state index >= 15 is 0 Å². The molecule has 6 heteroatoms. The van der Waals surface area contributed by atoms with E-state index in [1.165, 1.54) is 12.7 Å². The molecule has 0 spiro atoms. The van der Waals surface area contributed by atoms with Gasteiger partial charge in [0.2, 0.25) is 5.88 Å². The molecule has 0 saturated carbocycles. The van der Waals surface area contributed by atoms with E-state index < -0.39 is 0 Å². The SMILES string of the molecule is CC[C@@H]1CCCCN1C(=O)COc1ncnc2ccc(Br)cc12. The number of aromatic nitrogens is 2. The quantitative estimate of drug-likeness (QED) is 0.817. The van der Waals surface area contributed by atoms with Crippen LogP contribution in [-0.2, 0) is 4.79 Å². The van der Waals surface area contributed by atoms with Gasteiger partial charge in [0.1, 0.15) is 6.33 Å². The number of carbonyl (C=O) groups is 1. The molecule has 1 fully saturated rings. The molecule has 1 saturated heterocycles. The molecule has 3 rings (SSSR count). The minimum absolute atomic E-state index is 0.0229. The summed E-state index contributed by atoms with van der Waals surface area (Å²) in [6.45, 7) is 2.98. The molecule has 0 aliphatic carbocycles. The Balaban J connectivity index is 1.73. The van der Waals surface area contributed by atoms with Gasteiger partial charge >= 0.3 is 0 Å². The summed E-state index contributed by atoms with van der Waals surface area (Å²) in [6, 6.07) is 6.07. The maximum atomic E-state index is 12.5. The molecule has 0 unspecified atom stereocenters. The topological polar surface area (TPSA) is 55.3 Å². The second-order valence-electron chi connectivity index (χ2n) is 5.77. The number of fused-ring (bicyclic) bond motifs is 1. The highest BCUT2D eigenvalue weighted by molar-refractivity contribution is 9.10. The highest BCUT2D eigenvalue weighted by Crippen LogP contribution is 2.25. The first kappa shape index (κ1) is 16.2. The molecule has 0 bridgehead atoms. The van der Waals surface area contributed by atoms with Crippen molar-refractivity contribution in [2.75, 3.05) is 13.2 Å². The van der Waals surface area contributed by atoms with E-state index in [0.717, 1.165) is 41.2 Å². The number of ether oxygens (including phenoxy) is 1. The average Bonchev–Trinajstić information content (AvgIpc) is 2.59. The number of piperidine rings is 1. The van der Waals surface area contributed by atoms with E-state index in [9.17, 15) is 4.79 Å². The fourth-order valence-electron chi connectivity index (χ4n) is 3.09. The van der Waals surface area contributed by atoms with E-state index in [0.29, 0.717) is 11.9 Å². The molecule has 1 aliphatic rings. The summed E-state index contributed by atoms with van der Waals surface area (Å²) in [7, 11) is 0. The minimum atomic E-state index is 0.0229. The van der Waals surface area contributed by atoms with Crippen molar-refractivity contribution in [3.63, 3.8) is 0 Å². The lowest BCUT2D eigenvalue weighted by Crippen LogP contribution is -2.45. The molecule has 2 heterocycles. The number of rotatable bonds is 4. The molecule has 1 aliphatic heterocycles. The van der Waals surface area contributed by atoms with E-state index in [-0.39, 0.29) is 12.5 Å². The first-order chi connectivity index (χ1) is 11.2. The van der Waals surface area contributed by atoms with Crippen LogP contribution >= 0.6 is 15.9 Å². The molecule has 2 aromatic rings. The third kappa shape index (κ3) is 3.63. The van der Waals surface area contributed by atoms with Gasteiger partial charge in [-0.2, -0.15) is 0 Å². The van der Waals surface area contributed by atoms with Crippen LogP contribution in [0.15, 0.2) is 29.0 Å². The van der Waals surface area contributed by atoms with Crippen LogP contribution in [0.4, 0.5) is 0 Å². The van der Waals surface area contributed by atoms with Gasteiger partial charge in [0.25, 0.3) is 5.91 Å². The Bertz CT molecular complexity index is 707. The van der Waals surface area contributed by atoms with Crippen LogP contribution in [0.3, 0.4) is 0 Å². The summed E-state index contributed by atoms with van der Waals surface area (Å²) < 4.78 is 6.65. The maximum absolute atomic E-state index is 12.5. The van der Waals surface area contributed by atoms with Crippen LogP contribution < -0.4 is 4.74 Å². The maximum Gasteiger partial charge on any atom is 0.260 e. The highest BCUT2D eigenvalue weighted by Gasteiger charge is 2.25. The van der Waals surface area contributed by atoms with Crippen molar-refractivity contribution < 1.29 is 9.53 Å². The van der Waals surface area contributed by atoms with Crippen molar-refractivity contribution in [1.29, 1.82) is 0 Å². The molecule has 1 atom stereocenters. The van der Waals surface area contributed by atoms with Gasteiger partial charge in [-0.3, -0.25) is 4.79 Å². The van der Waals surface area contributed by atoms with Crippen LogP contribution in [0.1, 0.15) is 32.6 Å². The lowest BCUT2D eigenvalue weighted by molar-refractivity contribution is -0.137. The number of carbonyl (C=O) groups excluding carboxylic acids is 1. The van der Waals surface area contributed by atoms with Gasteiger partial charge in [0.05, 0.1) is 10.9 Å². The van der Waals surface area contributed by atoms with E-state index in [1.807, 2.05) is 23.1 Å². The van der Waals surface area contributed by atoms with E-state index in [1.54, 1.807) is 0 Å². The number of amides is 1. The summed E-state index contributed by atoms with van der Waals surface area (Å²) in [5, 5.41) is 0.806. The number of hydrogen-bond donors (Lipinski definition) is 0. The van der Waals surface area contributed by atoms with Gasteiger partial charge in [-0.15, -0.1) is 0 Å². The zero-order valence-corrected chi connectivity index (χ0v) is 14.8. The zero-order chi connectivity index (χ0) is 16.2. The molecule has 1 amide bonds. The summed E-state index contributed by atoms with van der Waals surface area (Å²) >= 11 is 3.44. The number of halogens is 1. The largest absolute Gasteiger partial charge is 0.467 e. The molecule has 5 nitrogen and oxygen atoms in total. The summed E-state index contributed by atoms with van der Waals surface area (Å²) in [5.74, 6) is 0.494. The third-order valence-electron chi connectivity index (χ3n) is 4.31. The second-order valence-corrected chi connectivity index (χ2v) is 6.69. The molecular formula is C17H20BrN3O2. The molecule has 1 aromatic heterocycles. The lowest BCUT2D eigenvalue weighted by atomic mass is 10.00. The highest BCUT2D eigenvalue weighted by atomic mass is 79.9. The first-order valence-electron chi connectivity index (χ1n) is 8.01. The molecule has 0 N–H and O–H groups in total. The van der Waals surface area contributed by atoms with Gasteiger partial charge in [-0.1, -0.05) is 22.9 Å². The average molecular weight is 378 g/mol. The van der Waals surface area contributed by atoms with Crippen molar-refractivity contribution in [3.05, 3.63) is 29.0 Å². The Labute approximate surface area is 144 Å². The van der Waals surface area contributed by atoms with E-state index in [2.05, 4.69) is 32.8 Å². The summed E-state index contributed by atoms with van der Waals surface area (Å²) in [5.41, 5.74) is 0.801. The predicted molar refractivity (Wildman–Crippen MR) is 92.4 cm³/mol. The van der Waals surface area contributed by atoms with Gasteiger partial charge < -0.3 is 9.64 Å². The smallest absolute Gasteiger partial charge is 0.260 e. The number of likely N-dealkylation sites (tertiary alicyclic amines) is 1. The molecule has 1 aromatic carbocycles. The van der Waals surface area contributed by atoms with Crippen molar-refractivity contribution in [3.8, 4) is 5.88 Å². The Kier molecular flexibility index (Phi) is 5.10. The normalized spacial score (nSPS) is 18.2. The molecule has 23 heavy (non-hydrogen) atoms. The fraction of sp³-hybridized carbons (Fsp3) is 0.471. The van der Waals surface area contributed by atoms with Crippen LogP contribution in [0.25, 0.3) is 10.9 Å². The number of nitrogens with zero attached hydrogens (tertiary/aromatic N) is 3. The summed E-state index contributed by atoms with van der Waals surface area (Å²) in [4.78, 5) is 22.9. The Morgan fingerprint density at radius 3 is 3.09 bits per heavy atom. The molecule has 122 valence electrons. The monoisotopic (exact) mass is 377 g/mol. The van der Waals surface area contributed by atoms with Gasteiger partial charge in [0.15, 0.2) is 6.61 Å².